The van der Waals surface area contributed by atoms with E-state index in [4.69, 9.17) is 9.05 Å². The van der Waals surface area contributed by atoms with Gasteiger partial charge in [0.05, 0.1) is 7.11 Å². The van der Waals surface area contributed by atoms with Gasteiger partial charge < -0.3 is 22.8 Å². The van der Waals surface area contributed by atoms with Crippen LogP contribution in [0.2, 0.25) is 0 Å². The molecule has 0 aliphatic heterocycles. The summed E-state index contributed by atoms with van der Waals surface area (Å²) in [5.74, 6) is -0.264. The fraction of sp³-hybridized carbons (Fsp3) is 0.440. The van der Waals surface area contributed by atoms with E-state index in [9.17, 15) is 18.7 Å². The van der Waals surface area contributed by atoms with Gasteiger partial charge in [-0.25, -0.2) is 0 Å². The predicted molar refractivity (Wildman–Crippen MR) is 141 cm³/mol. The summed E-state index contributed by atoms with van der Waals surface area (Å²) in [5.41, 5.74) is 2.26. The topological polar surface area (TPSA) is 114 Å². The van der Waals surface area contributed by atoms with Crippen LogP contribution in [0.3, 0.4) is 0 Å². The van der Waals surface area contributed by atoms with Crippen molar-refractivity contribution >= 4 is 26.9 Å². The summed E-state index contributed by atoms with van der Waals surface area (Å²) in [6.07, 6.45) is 2.05. The highest BCUT2D eigenvalue weighted by Gasteiger charge is 2.24. The monoisotopic (exact) mass is 544 g/mol. The second-order valence-electron chi connectivity index (χ2n) is 7.36. The van der Waals surface area contributed by atoms with E-state index < -0.39 is 15.2 Å². The number of rotatable bonds is 12. The van der Waals surface area contributed by atoms with Crippen LogP contribution in [-0.4, -0.2) is 60.1 Å². The van der Waals surface area contributed by atoms with Gasteiger partial charge in [0, 0.05) is 47.9 Å². The molecule has 202 valence electrons. The minimum Gasteiger partial charge on any atom is -0.469 e. The summed E-state index contributed by atoms with van der Waals surface area (Å²) in [6.45, 7) is 1.41. The molecule has 2 aromatic rings. The van der Waals surface area contributed by atoms with E-state index in [1.165, 1.54) is 47.8 Å². The highest BCUT2D eigenvalue weighted by molar-refractivity contribution is 7.54. The van der Waals surface area contributed by atoms with Crippen LogP contribution >= 0.6 is 15.2 Å². The van der Waals surface area contributed by atoms with Crippen LogP contribution in [0.15, 0.2) is 60.7 Å². The van der Waals surface area contributed by atoms with E-state index >= 15 is 0 Å². The Morgan fingerprint density at radius 3 is 1.42 bits per heavy atom. The molecule has 0 unspecified atom stereocenters. The van der Waals surface area contributed by atoms with Crippen molar-refractivity contribution in [2.75, 3.05) is 48.4 Å². The van der Waals surface area contributed by atoms with Crippen molar-refractivity contribution in [3.63, 3.8) is 0 Å². The van der Waals surface area contributed by atoms with Gasteiger partial charge in [-0.15, -0.1) is 0 Å². The molecular weight excluding hydrogens is 506 g/mol. The fourth-order valence-electron chi connectivity index (χ4n) is 2.49. The lowest BCUT2D eigenvalue weighted by atomic mass is 10.1. The minimum atomic E-state index is -3.21. The molecule has 9 nitrogen and oxygen atoms in total. The van der Waals surface area contributed by atoms with Crippen molar-refractivity contribution in [3.05, 3.63) is 71.8 Å². The molecule has 0 radical (unpaired) electrons. The summed E-state index contributed by atoms with van der Waals surface area (Å²) in [5, 5.41) is 0. The lowest BCUT2D eigenvalue weighted by molar-refractivity contribution is -0.140. The Balaban J connectivity index is 0.000000561. The molecule has 0 saturated carbocycles. The number of Topliss-reactive ketones (excluding diaryl/α,β-unsaturated/α-hetero) is 1. The third kappa shape index (κ3) is 16.5. The molecule has 2 aromatic carbocycles. The number of benzene rings is 2. The first kappa shape index (κ1) is 33.9. The Bertz CT molecular complexity index is 950. The highest BCUT2D eigenvalue weighted by Crippen LogP contribution is 2.46. The average molecular weight is 545 g/mol. The zero-order chi connectivity index (χ0) is 27.5. The summed E-state index contributed by atoms with van der Waals surface area (Å²) >= 11 is 0. The van der Waals surface area contributed by atoms with Gasteiger partial charge in [-0.3, -0.25) is 18.7 Å². The Morgan fingerprint density at radius 1 is 0.667 bits per heavy atom. The van der Waals surface area contributed by atoms with Gasteiger partial charge in [0.1, 0.15) is 11.9 Å². The Hall–Kier alpha value is -2.12. The summed E-state index contributed by atoms with van der Waals surface area (Å²) in [4.78, 5) is 22.4. The predicted octanol–water partition coefficient (Wildman–Crippen LogP) is 5.57. The molecule has 0 bridgehead atoms. The number of hydrogen-bond acceptors (Lipinski definition) is 9. The van der Waals surface area contributed by atoms with Crippen LogP contribution in [-0.2, 0) is 54.4 Å². The summed E-state index contributed by atoms with van der Waals surface area (Å²) in [7, 11) is 0.824. The average Bonchev–Trinajstić information content (AvgIpc) is 2.92. The van der Waals surface area contributed by atoms with Crippen molar-refractivity contribution < 1.29 is 41.6 Å². The number of ketones is 1. The number of ether oxygens (including phenoxy) is 1. The van der Waals surface area contributed by atoms with Gasteiger partial charge in [0.2, 0.25) is 0 Å². The maximum absolute atomic E-state index is 11.7. The zero-order valence-electron chi connectivity index (χ0n) is 21.9. The number of carbonyl (C=O) groups is 2. The van der Waals surface area contributed by atoms with E-state index in [1.807, 2.05) is 60.7 Å². The highest BCUT2D eigenvalue weighted by atomic mass is 31.2. The van der Waals surface area contributed by atoms with E-state index in [-0.39, 0.29) is 17.9 Å². The van der Waals surface area contributed by atoms with Crippen LogP contribution in [0, 0.1) is 0 Å². The van der Waals surface area contributed by atoms with Gasteiger partial charge in [-0.05, 0) is 24.0 Å². The van der Waals surface area contributed by atoms with Crippen LogP contribution in [0.25, 0.3) is 0 Å². The smallest absolute Gasteiger partial charge is 0.337 e. The molecule has 0 amide bonds. The van der Waals surface area contributed by atoms with Crippen LogP contribution in [0.4, 0.5) is 0 Å². The van der Waals surface area contributed by atoms with Crippen molar-refractivity contribution in [3.8, 4) is 0 Å². The first-order valence-electron chi connectivity index (χ1n) is 11.1. The molecule has 11 heteroatoms. The standard InChI is InChI=1S/C12H17O4P.C10H12O2.C3H9O3P/c1-15-17(14,16-2)10-12(13)9-8-11-6-4-3-5-7-11;1-12-10(11)8-7-9-5-3-2-4-6-9;1-5-7(3,4)6-2/h3-7H,8-10H2,1-2H3;2-6H,7-8H2,1H3;1-3H3. The van der Waals surface area contributed by atoms with Gasteiger partial charge in [-0.1, -0.05) is 60.7 Å². The Morgan fingerprint density at radius 2 is 1.08 bits per heavy atom. The molecule has 0 saturated heterocycles. The number of carbonyl (C=O) groups excluding carboxylic acids is 2. The van der Waals surface area contributed by atoms with E-state index in [1.54, 1.807) is 0 Å². The van der Waals surface area contributed by atoms with Gasteiger partial charge in [0.25, 0.3) is 0 Å². The lowest BCUT2D eigenvalue weighted by Crippen LogP contribution is -2.08. The molecule has 0 aliphatic rings. The van der Waals surface area contributed by atoms with E-state index in [2.05, 4.69) is 13.8 Å². The van der Waals surface area contributed by atoms with E-state index in [0.29, 0.717) is 19.3 Å². The molecule has 2 rings (SSSR count). The largest absolute Gasteiger partial charge is 0.469 e. The van der Waals surface area contributed by atoms with Gasteiger partial charge >= 0.3 is 21.2 Å². The number of hydrogen-bond donors (Lipinski definition) is 0. The molecule has 36 heavy (non-hydrogen) atoms. The quantitative estimate of drug-likeness (QED) is 0.250. The van der Waals surface area contributed by atoms with Crippen LogP contribution in [0.1, 0.15) is 24.0 Å². The maximum atomic E-state index is 11.7. The maximum Gasteiger partial charge on any atom is 0.337 e. The molecular formula is C25H38O9P2. The Kier molecular flexibility index (Phi) is 17.9. The molecule has 0 heterocycles. The van der Waals surface area contributed by atoms with Crippen LogP contribution < -0.4 is 0 Å². The molecule has 0 aromatic heterocycles. The SMILES string of the molecule is COC(=O)CCc1ccccc1.COP(=O)(CC(=O)CCc1ccccc1)OC.COP(C)(=O)OC. The van der Waals surface area contributed by atoms with Gasteiger partial charge in [0.15, 0.2) is 0 Å². The van der Waals surface area contributed by atoms with E-state index in [0.717, 1.165) is 12.0 Å². The van der Waals surface area contributed by atoms with Crippen molar-refractivity contribution in [1.82, 2.24) is 0 Å². The van der Waals surface area contributed by atoms with Crippen molar-refractivity contribution in [2.24, 2.45) is 0 Å². The van der Waals surface area contributed by atoms with Crippen LogP contribution in [0.5, 0.6) is 0 Å². The Labute approximate surface area is 214 Å². The second-order valence-corrected chi connectivity index (χ2v) is 11.9. The molecule has 0 aliphatic carbocycles. The lowest BCUT2D eigenvalue weighted by Gasteiger charge is -2.12. The number of aryl methyl sites for hydroxylation is 2. The minimum absolute atomic E-state index is 0.110. The second kappa shape index (κ2) is 19.1. The first-order valence-corrected chi connectivity index (χ1v) is 14.8. The first-order chi connectivity index (χ1) is 17.0. The van der Waals surface area contributed by atoms with Crippen molar-refractivity contribution in [2.45, 2.75) is 25.7 Å². The number of methoxy groups -OCH3 is 1. The molecule has 0 fully saturated rings. The van der Waals surface area contributed by atoms with Crippen molar-refractivity contribution in [1.29, 1.82) is 0 Å². The third-order valence-corrected chi connectivity index (χ3v) is 7.99. The zero-order valence-corrected chi connectivity index (χ0v) is 23.7. The molecule has 0 atom stereocenters. The number of esters is 1. The summed E-state index contributed by atoms with van der Waals surface area (Å²) in [6, 6.07) is 19.6. The third-order valence-electron chi connectivity index (χ3n) is 4.81. The normalized spacial score (nSPS) is 10.8. The summed E-state index contributed by atoms with van der Waals surface area (Å²) < 4.78 is 45.0. The fourth-order valence-corrected chi connectivity index (χ4v) is 3.64. The van der Waals surface area contributed by atoms with Gasteiger partial charge in [-0.2, -0.15) is 0 Å². The molecule has 0 N–H and O–H groups in total. The molecule has 0 spiro atoms.